The van der Waals surface area contributed by atoms with Crippen molar-refractivity contribution in [3.8, 4) is 0 Å². The van der Waals surface area contributed by atoms with Gasteiger partial charge in [0, 0.05) is 17.9 Å². The molecule has 1 heterocycles. The molecule has 0 aromatic heterocycles. The monoisotopic (exact) mass is 199 g/mol. The van der Waals surface area contributed by atoms with Gasteiger partial charge in [-0.05, 0) is 36.8 Å². The third-order valence-electron chi connectivity index (χ3n) is 3.72. The summed E-state index contributed by atoms with van der Waals surface area (Å²) in [5.74, 6) is 1.68. The van der Waals surface area contributed by atoms with Crippen LogP contribution in [-0.2, 0) is 0 Å². The Morgan fingerprint density at radius 1 is 1.13 bits per heavy atom. The molecular weight excluding hydrogens is 182 g/mol. The number of rotatable bonds is 1. The smallest absolute Gasteiger partial charge is 0.0408 e. The molecular formula is C14H17N. The van der Waals surface area contributed by atoms with Crippen LogP contribution in [-0.4, -0.2) is 6.04 Å². The molecule has 0 spiro atoms. The molecule has 3 unspecified atom stereocenters. The van der Waals surface area contributed by atoms with Gasteiger partial charge in [0.25, 0.3) is 0 Å². The van der Waals surface area contributed by atoms with Crippen molar-refractivity contribution in [2.24, 2.45) is 11.8 Å². The van der Waals surface area contributed by atoms with Gasteiger partial charge in [-0.1, -0.05) is 31.2 Å². The van der Waals surface area contributed by atoms with Gasteiger partial charge in [-0.3, -0.25) is 0 Å². The summed E-state index contributed by atoms with van der Waals surface area (Å²) in [6.07, 6.45) is 7.37. The van der Waals surface area contributed by atoms with Crippen LogP contribution in [0.3, 0.4) is 0 Å². The first-order chi connectivity index (χ1) is 7.34. The van der Waals surface area contributed by atoms with Gasteiger partial charge in [0.2, 0.25) is 0 Å². The minimum absolute atomic E-state index is 0.724. The molecule has 0 N–H and O–H groups in total. The van der Waals surface area contributed by atoms with E-state index in [0.29, 0.717) is 0 Å². The normalized spacial score (nSPS) is 33.4. The van der Waals surface area contributed by atoms with E-state index in [2.05, 4.69) is 54.4 Å². The molecule has 0 bridgehead atoms. The van der Waals surface area contributed by atoms with E-state index in [1.165, 1.54) is 18.5 Å². The Hall–Kier alpha value is -1.24. The predicted octanol–water partition coefficient (Wildman–Crippen LogP) is 3.44. The minimum atomic E-state index is 0.724. The van der Waals surface area contributed by atoms with E-state index in [9.17, 15) is 0 Å². The highest BCUT2D eigenvalue weighted by Crippen LogP contribution is 2.41. The highest BCUT2D eigenvalue weighted by molar-refractivity contribution is 5.52. The number of benzene rings is 1. The van der Waals surface area contributed by atoms with Gasteiger partial charge < -0.3 is 4.90 Å². The zero-order valence-electron chi connectivity index (χ0n) is 9.13. The molecule has 1 heteroatoms. The van der Waals surface area contributed by atoms with Crippen molar-refractivity contribution in [2.75, 3.05) is 4.90 Å². The maximum absolute atomic E-state index is 2.45. The summed E-state index contributed by atoms with van der Waals surface area (Å²) < 4.78 is 0. The van der Waals surface area contributed by atoms with Crippen LogP contribution in [0.5, 0.6) is 0 Å². The Morgan fingerprint density at radius 3 is 2.73 bits per heavy atom. The SMILES string of the molecule is CC1CC2C=CN(c3ccccc3)C2C1. The van der Waals surface area contributed by atoms with Crippen LogP contribution in [0, 0.1) is 11.8 Å². The Morgan fingerprint density at radius 2 is 1.93 bits per heavy atom. The van der Waals surface area contributed by atoms with Crippen LogP contribution < -0.4 is 4.90 Å². The van der Waals surface area contributed by atoms with E-state index >= 15 is 0 Å². The van der Waals surface area contributed by atoms with Crippen LogP contribution in [0.25, 0.3) is 0 Å². The van der Waals surface area contributed by atoms with Crippen LogP contribution in [0.15, 0.2) is 42.6 Å². The van der Waals surface area contributed by atoms with Gasteiger partial charge in [0.15, 0.2) is 0 Å². The topological polar surface area (TPSA) is 3.24 Å². The zero-order chi connectivity index (χ0) is 10.3. The molecule has 1 aliphatic carbocycles. The molecule has 2 aliphatic rings. The average molecular weight is 199 g/mol. The lowest BCUT2D eigenvalue weighted by Gasteiger charge is -2.25. The van der Waals surface area contributed by atoms with E-state index < -0.39 is 0 Å². The fourth-order valence-corrected chi connectivity index (χ4v) is 3.02. The van der Waals surface area contributed by atoms with E-state index in [4.69, 9.17) is 0 Å². The number of para-hydroxylation sites is 1. The van der Waals surface area contributed by atoms with Crippen molar-refractivity contribution in [1.29, 1.82) is 0 Å². The molecule has 1 saturated carbocycles. The lowest BCUT2D eigenvalue weighted by molar-refractivity contribution is 0.585. The Labute approximate surface area is 91.4 Å². The minimum Gasteiger partial charge on any atom is -0.345 e. The van der Waals surface area contributed by atoms with Gasteiger partial charge in [-0.25, -0.2) is 0 Å². The predicted molar refractivity (Wildman–Crippen MR) is 63.7 cm³/mol. The second kappa shape index (κ2) is 3.41. The summed E-state index contributed by atoms with van der Waals surface area (Å²) in [5.41, 5.74) is 1.34. The Bertz CT molecular complexity index is 368. The summed E-state index contributed by atoms with van der Waals surface area (Å²) in [4.78, 5) is 2.45. The van der Waals surface area contributed by atoms with Gasteiger partial charge in [0.05, 0.1) is 0 Å². The van der Waals surface area contributed by atoms with Gasteiger partial charge in [0.1, 0.15) is 0 Å². The van der Waals surface area contributed by atoms with E-state index in [-0.39, 0.29) is 0 Å². The molecule has 15 heavy (non-hydrogen) atoms. The molecule has 3 atom stereocenters. The van der Waals surface area contributed by atoms with E-state index in [0.717, 1.165) is 17.9 Å². The summed E-state index contributed by atoms with van der Waals surface area (Å²) in [5, 5.41) is 0. The van der Waals surface area contributed by atoms with Crippen LogP contribution in [0.1, 0.15) is 19.8 Å². The fourth-order valence-electron chi connectivity index (χ4n) is 3.02. The number of anilines is 1. The van der Waals surface area contributed by atoms with Gasteiger partial charge in [-0.2, -0.15) is 0 Å². The lowest BCUT2D eigenvalue weighted by atomic mass is 10.1. The molecule has 1 aliphatic heterocycles. The van der Waals surface area contributed by atoms with Crippen molar-refractivity contribution in [1.82, 2.24) is 0 Å². The lowest BCUT2D eigenvalue weighted by Crippen LogP contribution is -2.28. The van der Waals surface area contributed by atoms with Crippen molar-refractivity contribution in [2.45, 2.75) is 25.8 Å². The van der Waals surface area contributed by atoms with Crippen molar-refractivity contribution < 1.29 is 0 Å². The zero-order valence-corrected chi connectivity index (χ0v) is 9.13. The third kappa shape index (κ3) is 1.46. The maximum Gasteiger partial charge on any atom is 0.0408 e. The third-order valence-corrected chi connectivity index (χ3v) is 3.72. The quantitative estimate of drug-likeness (QED) is 0.669. The number of hydrogen-bond donors (Lipinski definition) is 0. The van der Waals surface area contributed by atoms with Crippen molar-refractivity contribution >= 4 is 5.69 Å². The number of hydrogen-bond acceptors (Lipinski definition) is 1. The van der Waals surface area contributed by atoms with Crippen LogP contribution >= 0.6 is 0 Å². The highest BCUT2D eigenvalue weighted by Gasteiger charge is 2.37. The average Bonchev–Trinajstić information content (AvgIpc) is 2.77. The summed E-state index contributed by atoms with van der Waals surface area (Å²) in [6.45, 7) is 2.37. The molecule has 0 saturated heterocycles. The second-order valence-electron chi connectivity index (χ2n) is 4.89. The van der Waals surface area contributed by atoms with Gasteiger partial charge >= 0.3 is 0 Å². The Balaban J connectivity index is 1.87. The van der Waals surface area contributed by atoms with Crippen molar-refractivity contribution in [3.05, 3.63) is 42.6 Å². The van der Waals surface area contributed by atoms with E-state index in [1.54, 1.807) is 0 Å². The first-order valence-electron chi connectivity index (χ1n) is 5.86. The molecule has 1 aromatic rings. The van der Waals surface area contributed by atoms with Crippen molar-refractivity contribution in [3.63, 3.8) is 0 Å². The number of nitrogens with zero attached hydrogens (tertiary/aromatic N) is 1. The van der Waals surface area contributed by atoms with E-state index in [1.807, 2.05) is 0 Å². The summed E-state index contributed by atoms with van der Waals surface area (Å²) in [6, 6.07) is 11.5. The molecule has 1 aromatic carbocycles. The summed E-state index contributed by atoms with van der Waals surface area (Å²) >= 11 is 0. The first kappa shape index (κ1) is 9.02. The molecule has 0 radical (unpaired) electrons. The second-order valence-corrected chi connectivity index (χ2v) is 4.89. The standard InChI is InChI=1S/C14H17N/c1-11-9-12-7-8-15(14(12)10-11)13-5-3-2-4-6-13/h2-8,11-12,14H,9-10H2,1H3. The first-order valence-corrected chi connectivity index (χ1v) is 5.86. The molecule has 1 nitrogen and oxygen atoms in total. The summed E-state index contributed by atoms with van der Waals surface area (Å²) in [7, 11) is 0. The Kier molecular flexibility index (Phi) is 2.05. The fraction of sp³-hybridized carbons (Fsp3) is 0.429. The largest absolute Gasteiger partial charge is 0.345 e. The molecule has 0 amide bonds. The molecule has 78 valence electrons. The maximum atomic E-state index is 2.45. The van der Waals surface area contributed by atoms with Crippen LogP contribution in [0.4, 0.5) is 5.69 Å². The number of fused-ring (bicyclic) bond motifs is 1. The van der Waals surface area contributed by atoms with Gasteiger partial charge in [-0.15, -0.1) is 0 Å². The van der Waals surface area contributed by atoms with Crippen LogP contribution in [0.2, 0.25) is 0 Å². The highest BCUT2D eigenvalue weighted by atomic mass is 15.2. The molecule has 1 fully saturated rings. The molecule has 3 rings (SSSR count).